The van der Waals surface area contributed by atoms with Gasteiger partial charge in [0.15, 0.2) is 0 Å². The van der Waals surface area contributed by atoms with Gasteiger partial charge in [0.1, 0.15) is 0 Å². The largest absolute Gasteiger partial charge is 0.462 e. The predicted octanol–water partition coefficient (Wildman–Crippen LogP) is 3.28. The zero-order chi connectivity index (χ0) is 14.4. The van der Waals surface area contributed by atoms with Crippen LogP contribution in [0.2, 0.25) is 0 Å². The van der Waals surface area contributed by atoms with Gasteiger partial charge >= 0.3 is 11.9 Å². The first-order chi connectivity index (χ1) is 8.95. The molecule has 0 bridgehead atoms. The molecule has 1 aromatic carbocycles. The van der Waals surface area contributed by atoms with Gasteiger partial charge in [0.2, 0.25) is 0 Å². The number of ether oxygens (including phenoxy) is 2. The molecular formula is C14H17IO4. The number of rotatable bonds is 5. The number of benzene rings is 1. The molecule has 1 rings (SSSR count). The second kappa shape index (κ2) is 7.47. The molecule has 0 spiro atoms. The monoisotopic (exact) mass is 376 g/mol. The minimum Gasteiger partial charge on any atom is -0.462 e. The molecule has 0 heterocycles. The van der Waals surface area contributed by atoms with E-state index < -0.39 is 11.9 Å². The molecule has 0 amide bonds. The molecule has 1 aromatic rings. The molecule has 0 saturated carbocycles. The summed E-state index contributed by atoms with van der Waals surface area (Å²) in [5.74, 6) is -0.747. The SMILES string of the molecule is CCOC(=O)c1ccc(I)cc1C(=O)OCC(C)C. The number of esters is 2. The first-order valence-electron chi connectivity index (χ1n) is 6.09. The van der Waals surface area contributed by atoms with Gasteiger partial charge in [0.05, 0.1) is 24.3 Å². The van der Waals surface area contributed by atoms with Crippen molar-refractivity contribution in [3.8, 4) is 0 Å². The maximum atomic E-state index is 12.0. The Morgan fingerprint density at radius 2 is 1.79 bits per heavy atom. The van der Waals surface area contributed by atoms with Crippen LogP contribution in [0.5, 0.6) is 0 Å². The van der Waals surface area contributed by atoms with Gasteiger partial charge in [-0.05, 0) is 53.6 Å². The number of carbonyl (C=O) groups excluding carboxylic acids is 2. The Balaban J connectivity index is 2.99. The molecule has 0 aliphatic carbocycles. The molecule has 0 atom stereocenters. The van der Waals surface area contributed by atoms with Crippen molar-refractivity contribution in [2.45, 2.75) is 20.8 Å². The van der Waals surface area contributed by atoms with E-state index in [4.69, 9.17) is 9.47 Å². The van der Waals surface area contributed by atoms with Crippen molar-refractivity contribution in [1.82, 2.24) is 0 Å². The number of halogens is 1. The Kier molecular flexibility index (Phi) is 6.27. The van der Waals surface area contributed by atoms with E-state index in [1.807, 2.05) is 13.8 Å². The summed E-state index contributed by atoms with van der Waals surface area (Å²) in [5, 5.41) is 0. The molecule has 0 fully saturated rings. The average molecular weight is 376 g/mol. The number of hydrogen-bond donors (Lipinski definition) is 0. The molecule has 19 heavy (non-hydrogen) atoms. The van der Waals surface area contributed by atoms with Gasteiger partial charge in [-0.1, -0.05) is 13.8 Å². The zero-order valence-corrected chi connectivity index (χ0v) is 13.4. The van der Waals surface area contributed by atoms with E-state index in [0.717, 1.165) is 3.57 Å². The zero-order valence-electron chi connectivity index (χ0n) is 11.2. The van der Waals surface area contributed by atoms with E-state index in [9.17, 15) is 9.59 Å². The van der Waals surface area contributed by atoms with Crippen LogP contribution in [0, 0.1) is 9.49 Å². The lowest BCUT2D eigenvalue weighted by Gasteiger charge is -2.11. The topological polar surface area (TPSA) is 52.6 Å². The third kappa shape index (κ3) is 4.81. The van der Waals surface area contributed by atoms with E-state index >= 15 is 0 Å². The lowest BCUT2D eigenvalue weighted by Crippen LogP contribution is -2.16. The van der Waals surface area contributed by atoms with Crippen LogP contribution < -0.4 is 0 Å². The number of hydrogen-bond acceptors (Lipinski definition) is 4. The van der Waals surface area contributed by atoms with E-state index in [0.29, 0.717) is 6.61 Å². The van der Waals surface area contributed by atoms with Gasteiger partial charge in [0, 0.05) is 3.57 Å². The molecule has 0 aliphatic heterocycles. The highest BCUT2D eigenvalue weighted by Crippen LogP contribution is 2.17. The Bertz CT molecular complexity index is 469. The molecule has 0 unspecified atom stereocenters. The second-order valence-electron chi connectivity index (χ2n) is 4.40. The molecule has 4 nitrogen and oxygen atoms in total. The molecule has 0 aromatic heterocycles. The van der Waals surface area contributed by atoms with Crippen molar-refractivity contribution in [3.63, 3.8) is 0 Å². The molecule has 0 saturated heterocycles. The van der Waals surface area contributed by atoms with E-state index in [2.05, 4.69) is 22.6 Å². The summed E-state index contributed by atoms with van der Waals surface area (Å²) < 4.78 is 11.0. The van der Waals surface area contributed by atoms with Crippen LogP contribution in [0.4, 0.5) is 0 Å². The van der Waals surface area contributed by atoms with Crippen molar-refractivity contribution >= 4 is 34.5 Å². The van der Waals surface area contributed by atoms with Crippen LogP contribution >= 0.6 is 22.6 Å². The Morgan fingerprint density at radius 1 is 1.16 bits per heavy atom. The van der Waals surface area contributed by atoms with Gasteiger partial charge in [-0.25, -0.2) is 9.59 Å². The van der Waals surface area contributed by atoms with Gasteiger partial charge in [-0.3, -0.25) is 0 Å². The fraction of sp³-hybridized carbons (Fsp3) is 0.429. The lowest BCUT2D eigenvalue weighted by atomic mass is 10.1. The van der Waals surface area contributed by atoms with Crippen LogP contribution in [0.1, 0.15) is 41.5 Å². The van der Waals surface area contributed by atoms with Gasteiger partial charge in [0.25, 0.3) is 0 Å². The van der Waals surface area contributed by atoms with Crippen LogP contribution in [0.3, 0.4) is 0 Å². The summed E-state index contributed by atoms with van der Waals surface area (Å²) in [6.45, 7) is 6.22. The van der Waals surface area contributed by atoms with Crippen molar-refractivity contribution in [2.24, 2.45) is 5.92 Å². The van der Waals surface area contributed by atoms with Gasteiger partial charge < -0.3 is 9.47 Å². The molecular weight excluding hydrogens is 359 g/mol. The summed E-state index contributed by atoms with van der Waals surface area (Å²) in [4.78, 5) is 23.8. The Labute approximate surface area is 126 Å². The maximum Gasteiger partial charge on any atom is 0.339 e. The highest BCUT2D eigenvalue weighted by Gasteiger charge is 2.19. The summed E-state index contributed by atoms with van der Waals surface area (Å²) in [6, 6.07) is 4.98. The smallest absolute Gasteiger partial charge is 0.339 e. The van der Waals surface area contributed by atoms with Crippen LogP contribution in [0.15, 0.2) is 18.2 Å². The normalized spacial score (nSPS) is 10.4. The third-order valence-corrected chi connectivity index (χ3v) is 2.92. The first kappa shape index (κ1) is 15.9. The minimum atomic E-state index is -0.504. The standard InChI is InChI=1S/C14H17IO4/c1-4-18-13(16)11-6-5-10(15)7-12(11)14(17)19-8-9(2)3/h5-7,9H,4,8H2,1-3H3. The summed E-state index contributed by atoms with van der Waals surface area (Å²) in [6.07, 6.45) is 0. The highest BCUT2D eigenvalue weighted by molar-refractivity contribution is 14.1. The van der Waals surface area contributed by atoms with Crippen molar-refractivity contribution < 1.29 is 19.1 Å². The third-order valence-electron chi connectivity index (χ3n) is 2.24. The van der Waals surface area contributed by atoms with E-state index in [-0.39, 0.29) is 23.7 Å². The van der Waals surface area contributed by atoms with Crippen LogP contribution in [-0.2, 0) is 9.47 Å². The molecule has 0 radical (unpaired) electrons. The fourth-order valence-corrected chi connectivity index (χ4v) is 1.88. The van der Waals surface area contributed by atoms with E-state index in [1.165, 1.54) is 0 Å². The maximum absolute atomic E-state index is 12.0. The highest BCUT2D eigenvalue weighted by atomic mass is 127. The summed E-state index contributed by atoms with van der Waals surface area (Å²) >= 11 is 2.08. The predicted molar refractivity (Wildman–Crippen MR) is 80.2 cm³/mol. The molecule has 104 valence electrons. The Morgan fingerprint density at radius 3 is 2.37 bits per heavy atom. The molecule has 5 heteroatoms. The van der Waals surface area contributed by atoms with Gasteiger partial charge in [-0.2, -0.15) is 0 Å². The number of carbonyl (C=O) groups is 2. The quantitative estimate of drug-likeness (QED) is 0.585. The van der Waals surface area contributed by atoms with Crippen LogP contribution in [0.25, 0.3) is 0 Å². The first-order valence-corrected chi connectivity index (χ1v) is 7.17. The second-order valence-corrected chi connectivity index (χ2v) is 5.65. The van der Waals surface area contributed by atoms with Crippen molar-refractivity contribution in [3.05, 3.63) is 32.9 Å². The summed E-state index contributed by atoms with van der Waals surface area (Å²) in [7, 11) is 0. The van der Waals surface area contributed by atoms with Crippen LogP contribution in [-0.4, -0.2) is 25.2 Å². The minimum absolute atomic E-state index is 0.246. The molecule has 0 N–H and O–H groups in total. The Hall–Kier alpha value is -1.11. The molecule has 0 aliphatic rings. The van der Waals surface area contributed by atoms with Crippen molar-refractivity contribution in [1.29, 1.82) is 0 Å². The van der Waals surface area contributed by atoms with Crippen molar-refractivity contribution in [2.75, 3.05) is 13.2 Å². The van der Waals surface area contributed by atoms with E-state index in [1.54, 1.807) is 25.1 Å². The average Bonchev–Trinajstić information content (AvgIpc) is 2.36. The lowest BCUT2D eigenvalue weighted by molar-refractivity contribution is 0.0434. The van der Waals surface area contributed by atoms with Gasteiger partial charge in [-0.15, -0.1) is 0 Å². The fourth-order valence-electron chi connectivity index (χ4n) is 1.39. The summed E-state index contributed by atoms with van der Waals surface area (Å²) in [5.41, 5.74) is 0.502.